The highest BCUT2D eigenvalue weighted by atomic mass is 16.3. The molecular weight excluding hydrogens is 514 g/mol. The molecule has 5 atom stereocenters. The van der Waals surface area contributed by atoms with E-state index in [1.807, 2.05) is 13.0 Å². The van der Waals surface area contributed by atoms with E-state index in [1.54, 1.807) is 12.1 Å². The van der Waals surface area contributed by atoms with Crippen molar-refractivity contribution in [3.8, 4) is 5.75 Å². The van der Waals surface area contributed by atoms with Crippen LogP contribution in [-0.2, 0) is 27.8 Å². The van der Waals surface area contributed by atoms with Gasteiger partial charge >= 0.3 is 0 Å². The Bertz CT molecular complexity index is 1480. The van der Waals surface area contributed by atoms with Gasteiger partial charge in [0.05, 0.1) is 12.0 Å². The molecule has 6 rings (SSSR count). The van der Waals surface area contributed by atoms with E-state index < -0.39 is 46.8 Å². The van der Waals surface area contributed by atoms with E-state index in [-0.39, 0.29) is 29.7 Å². The summed E-state index contributed by atoms with van der Waals surface area (Å²) in [5, 5.41) is 25.5. The number of pyridine rings is 1. The number of nitrogens with one attached hydrogen (secondary N) is 2. The number of hydrogen-bond donors (Lipinski definition) is 6. The molecule has 1 aliphatic heterocycles. The summed E-state index contributed by atoms with van der Waals surface area (Å²) in [5.74, 6) is -1.58. The monoisotopic (exact) mass is 549 g/mol. The Hall–Kier alpha value is -3.70. The van der Waals surface area contributed by atoms with Crippen LogP contribution in [0.1, 0.15) is 58.4 Å². The molecule has 1 aromatic carbocycles. The van der Waals surface area contributed by atoms with Gasteiger partial charge in [-0.3, -0.25) is 24.1 Å². The number of aryl methyl sites for hydroxylation is 1. The van der Waals surface area contributed by atoms with Crippen LogP contribution in [0, 0.1) is 18.8 Å². The Morgan fingerprint density at radius 2 is 1.95 bits per heavy atom. The highest BCUT2D eigenvalue weighted by molar-refractivity contribution is 5.98. The molecule has 5 unspecified atom stereocenters. The SMILES string of the molecule is Cc1ccc(O)cc1C12Cc3[nH]c(=O)c(C(=O)NC(CC(N)=O)C(N)=O)cc3CC1(O)C1C(CN1CC1CC1)C2. The lowest BCUT2D eigenvalue weighted by molar-refractivity contribution is -0.124. The third kappa shape index (κ3) is 4.10. The number of nitrogens with two attached hydrogens (primary N) is 2. The van der Waals surface area contributed by atoms with Gasteiger partial charge in [-0.25, -0.2) is 0 Å². The van der Waals surface area contributed by atoms with Gasteiger partial charge < -0.3 is 32.0 Å². The number of primary amides is 2. The Morgan fingerprint density at radius 3 is 2.62 bits per heavy atom. The van der Waals surface area contributed by atoms with Gasteiger partial charge in [0.25, 0.3) is 11.5 Å². The zero-order chi connectivity index (χ0) is 28.6. The number of nitrogens with zero attached hydrogens (tertiary/aromatic N) is 1. The Labute approximate surface area is 230 Å². The molecule has 1 saturated heterocycles. The molecule has 2 aromatic rings. The van der Waals surface area contributed by atoms with Crippen molar-refractivity contribution in [3.05, 3.63) is 62.6 Å². The molecule has 4 aliphatic rings. The van der Waals surface area contributed by atoms with Crippen molar-refractivity contribution in [1.29, 1.82) is 0 Å². The number of amides is 3. The minimum atomic E-state index is -1.35. The van der Waals surface area contributed by atoms with Gasteiger partial charge in [0.1, 0.15) is 17.4 Å². The van der Waals surface area contributed by atoms with Gasteiger partial charge in [-0.2, -0.15) is 0 Å². The fourth-order valence-corrected chi connectivity index (χ4v) is 7.68. The first-order valence-electron chi connectivity index (χ1n) is 13.8. The van der Waals surface area contributed by atoms with Gasteiger partial charge in [-0.1, -0.05) is 6.07 Å². The van der Waals surface area contributed by atoms with E-state index in [1.165, 1.54) is 18.9 Å². The zero-order valence-corrected chi connectivity index (χ0v) is 22.4. The van der Waals surface area contributed by atoms with Crippen LogP contribution in [0.25, 0.3) is 0 Å². The summed E-state index contributed by atoms with van der Waals surface area (Å²) in [6.45, 7) is 3.82. The predicted molar refractivity (Wildman–Crippen MR) is 144 cm³/mol. The van der Waals surface area contributed by atoms with E-state index in [4.69, 9.17) is 11.5 Å². The number of benzene rings is 1. The fraction of sp³-hybridized carbons (Fsp3) is 0.517. The minimum absolute atomic E-state index is 0.0815. The van der Waals surface area contributed by atoms with Crippen LogP contribution in [0.15, 0.2) is 29.1 Å². The van der Waals surface area contributed by atoms with Crippen molar-refractivity contribution < 1.29 is 24.6 Å². The van der Waals surface area contributed by atoms with E-state index >= 15 is 0 Å². The second-order valence-corrected chi connectivity index (χ2v) is 12.3. The lowest BCUT2D eigenvalue weighted by Gasteiger charge is -2.55. The first-order valence-corrected chi connectivity index (χ1v) is 13.8. The summed E-state index contributed by atoms with van der Waals surface area (Å²) < 4.78 is 0. The van der Waals surface area contributed by atoms with Crippen molar-refractivity contribution in [1.82, 2.24) is 15.2 Å². The average Bonchev–Trinajstić information content (AvgIpc) is 3.65. The summed E-state index contributed by atoms with van der Waals surface area (Å²) in [6.07, 6.45) is 3.18. The highest BCUT2D eigenvalue weighted by Gasteiger charge is 2.70. The number of H-pyrrole nitrogens is 1. The number of phenolic OH excluding ortho intramolecular Hbond substituents is 1. The number of aromatic hydroxyl groups is 1. The number of hydrogen-bond acceptors (Lipinski definition) is 7. The van der Waals surface area contributed by atoms with Crippen molar-refractivity contribution in [3.63, 3.8) is 0 Å². The van der Waals surface area contributed by atoms with Crippen molar-refractivity contribution >= 4 is 17.7 Å². The molecule has 8 N–H and O–H groups in total. The molecule has 11 nitrogen and oxygen atoms in total. The molecule has 3 amide bonds. The van der Waals surface area contributed by atoms with Gasteiger partial charge in [-0.15, -0.1) is 0 Å². The molecule has 2 heterocycles. The Kier molecular flexibility index (Phi) is 6.08. The molecule has 0 spiro atoms. The molecule has 3 aliphatic carbocycles. The molecule has 3 fully saturated rings. The fourth-order valence-electron chi connectivity index (χ4n) is 7.68. The number of aliphatic hydroxyl groups is 1. The lowest BCUT2D eigenvalue weighted by Crippen LogP contribution is -2.68. The van der Waals surface area contributed by atoms with Crippen LogP contribution in [-0.4, -0.2) is 68.6 Å². The maximum atomic E-state index is 13.1. The standard InChI is InChI=1S/C29H35N5O6/c1-14-2-5-18(35)7-20(14)28-9-17-13-34(12-15-3-4-15)24(17)29(28,40)10-16-6-19(27(39)33-22(16)11-28)26(38)32-21(25(31)37)8-23(30)36/h2,5-7,15,17,21,24,35,40H,3-4,8-13H2,1H3,(H2,30,36)(H2,31,37)(H,32,38)(H,33,39). The molecule has 0 bridgehead atoms. The molecule has 2 saturated carbocycles. The van der Waals surface area contributed by atoms with Crippen LogP contribution < -0.4 is 22.3 Å². The molecular formula is C29H35N5O6. The van der Waals surface area contributed by atoms with Gasteiger partial charge in [-0.05, 0) is 72.9 Å². The summed E-state index contributed by atoms with van der Waals surface area (Å²) in [7, 11) is 0. The van der Waals surface area contributed by atoms with Crippen LogP contribution in [0.4, 0.5) is 0 Å². The van der Waals surface area contributed by atoms with E-state index in [2.05, 4.69) is 15.2 Å². The van der Waals surface area contributed by atoms with E-state index in [0.29, 0.717) is 23.6 Å². The number of aromatic amines is 1. The average molecular weight is 550 g/mol. The second-order valence-electron chi connectivity index (χ2n) is 12.3. The van der Waals surface area contributed by atoms with Crippen LogP contribution in [0.2, 0.25) is 0 Å². The first kappa shape index (κ1) is 26.5. The summed E-state index contributed by atoms with van der Waals surface area (Å²) >= 11 is 0. The maximum Gasteiger partial charge on any atom is 0.261 e. The van der Waals surface area contributed by atoms with Gasteiger partial charge in [0.2, 0.25) is 11.8 Å². The summed E-state index contributed by atoms with van der Waals surface area (Å²) in [4.78, 5) is 54.5. The van der Waals surface area contributed by atoms with Gasteiger partial charge in [0.15, 0.2) is 0 Å². The molecule has 11 heteroatoms. The van der Waals surface area contributed by atoms with Crippen LogP contribution in [0.3, 0.4) is 0 Å². The van der Waals surface area contributed by atoms with Gasteiger partial charge in [0, 0.05) is 43.1 Å². The van der Waals surface area contributed by atoms with E-state index in [9.17, 15) is 29.4 Å². The number of fused-ring (bicyclic) bond motifs is 4. The summed E-state index contributed by atoms with van der Waals surface area (Å²) in [6, 6.07) is 5.27. The maximum absolute atomic E-state index is 13.1. The summed E-state index contributed by atoms with van der Waals surface area (Å²) in [5.41, 5.74) is 10.8. The minimum Gasteiger partial charge on any atom is -0.508 e. The Balaban J connectivity index is 1.40. The first-order chi connectivity index (χ1) is 18.9. The van der Waals surface area contributed by atoms with Crippen LogP contribution in [0.5, 0.6) is 5.75 Å². The normalized spacial score (nSPS) is 29.4. The highest BCUT2D eigenvalue weighted by Crippen LogP contribution is 2.62. The molecule has 0 radical (unpaired) electrons. The number of likely N-dealkylation sites (tertiary alicyclic amines) is 1. The molecule has 212 valence electrons. The molecule has 40 heavy (non-hydrogen) atoms. The quantitative estimate of drug-likeness (QED) is 0.261. The number of aromatic nitrogens is 1. The lowest BCUT2D eigenvalue weighted by atomic mass is 9.59. The second kappa shape index (κ2) is 9.17. The smallest absolute Gasteiger partial charge is 0.261 e. The number of rotatable bonds is 8. The van der Waals surface area contributed by atoms with E-state index in [0.717, 1.165) is 30.6 Å². The predicted octanol–water partition coefficient (Wildman–Crippen LogP) is -0.270. The zero-order valence-electron chi connectivity index (χ0n) is 22.4. The van der Waals surface area contributed by atoms with Crippen molar-refractivity contribution in [2.45, 2.75) is 68.5 Å². The number of carbonyl (C=O) groups excluding carboxylic acids is 3. The largest absolute Gasteiger partial charge is 0.508 e. The molecule has 1 aromatic heterocycles. The number of carbonyl (C=O) groups is 3. The topological polar surface area (TPSA) is 192 Å². The Morgan fingerprint density at radius 1 is 1.20 bits per heavy atom. The third-order valence-corrected chi connectivity index (χ3v) is 9.62. The third-order valence-electron chi connectivity index (χ3n) is 9.62. The van der Waals surface area contributed by atoms with Crippen molar-refractivity contribution in [2.75, 3.05) is 13.1 Å². The van der Waals surface area contributed by atoms with Crippen molar-refractivity contribution in [2.24, 2.45) is 23.3 Å². The van der Waals surface area contributed by atoms with Crippen LogP contribution >= 0.6 is 0 Å². The number of phenols is 1.